The average molecular weight is 214 g/mol. The normalized spacial score (nSPS) is 12.7. The van der Waals surface area contributed by atoms with Crippen molar-refractivity contribution in [2.24, 2.45) is 5.92 Å². The van der Waals surface area contributed by atoms with E-state index in [1.807, 2.05) is 0 Å². The van der Waals surface area contributed by atoms with Gasteiger partial charge in [-0.3, -0.25) is 0 Å². The second-order valence-electron chi connectivity index (χ2n) is 4.61. The van der Waals surface area contributed by atoms with E-state index in [1.165, 1.54) is 11.1 Å². The highest BCUT2D eigenvalue weighted by molar-refractivity contribution is 5.17. The monoisotopic (exact) mass is 214 g/mol. The highest BCUT2D eigenvalue weighted by atomic mass is 14.0. The van der Waals surface area contributed by atoms with Gasteiger partial charge in [0.2, 0.25) is 0 Å². The van der Waals surface area contributed by atoms with E-state index < -0.39 is 0 Å². The van der Waals surface area contributed by atoms with Gasteiger partial charge in [0, 0.05) is 0 Å². The molecule has 0 aliphatic heterocycles. The van der Waals surface area contributed by atoms with Crippen LogP contribution in [0.25, 0.3) is 0 Å². The van der Waals surface area contributed by atoms with Crippen LogP contribution in [0.15, 0.2) is 54.1 Å². The van der Waals surface area contributed by atoms with E-state index in [1.54, 1.807) is 0 Å². The van der Waals surface area contributed by atoms with Gasteiger partial charge in [-0.05, 0) is 38.2 Å². The Morgan fingerprint density at radius 3 is 2.50 bits per heavy atom. The van der Waals surface area contributed by atoms with Crippen molar-refractivity contribution in [3.05, 3.63) is 59.7 Å². The van der Waals surface area contributed by atoms with Crippen LogP contribution < -0.4 is 0 Å². The van der Waals surface area contributed by atoms with Crippen LogP contribution in [-0.4, -0.2) is 0 Å². The van der Waals surface area contributed by atoms with Crippen molar-refractivity contribution in [1.82, 2.24) is 0 Å². The van der Waals surface area contributed by atoms with Crippen LogP contribution in [0.1, 0.15) is 32.8 Å². The van der Waals surface area contributed by atoms with Gasteiger partial charge in [-0.2, -0.15) is 0 Å². The molecule has 0 fully saturated rings. The molecule has 0 heteroatoms. The Morgan fingerprint density at radius 2 is 1.88 bits per heavy atom. The van der Waals surface area contributed by atoms with E-state index in [0.29, 0.717) is 5.92 Å². The summed E-state index contributed by atoms with van der Waals surface area (Å²) in [5.74, 6) is 0.638. The second-order valence-corrected chi connectivity index (χ2v) is 4.61. The molecule has 0 aliphatic carbocycles. The first-order valence-electron chi connectivity index (χ1n) is 6.02. The van der Waals surface area contributed by atoms with Gasteiger partial charge >= 0.3 is 0 Å². The lowest BCUT2D eigenvalue weighted by Gasteiger charge is -2.02. The Morgan fingerprint density at radius 1 is 1.19 bits per heavy atom. The van der Waals surface area contributed by atoms with Crippen LogP contribution in [-0.2, 0) is 6.42 Å². The number of rotatable bonds is 5. The van der Waals surface area contributed by atoms with Gasteiger partial charge in [-0.25, -0.2) is 0 Å². The maximum absolute atomic E-state index is 2.31. The third kappa shape index (κ3) is 5.55. The summed E-state index contributed by atoms with van der Waals surface area (Å²) < 4.78 is 0. The minimum atomic E-state index is 0.638. The van der Waals surface area contributed by atoms with E-state index in [9.17, 15) is 0 Å². The molecular formula is C16H22. The summed E-state index contributed by atoms with van der Waals surface area (Å²) >= 11 is 0. The van der Waals surface area contributed by atoms with Gasteiger partial charge in [0.1, 0.15) is 0 Å². The summed E-state index contributed by atoms with van der Waals surface area (Å²) in [7, 11) is 0. The van der Waals surface area contributed by atoms with Crippen molar-refractivity contribution < 1.29 is 0 Å². The molecule has 16 heavy (non-hydrogen) atoms. The molecule has 0 saturated heterocycles. The minimum Gasteiger partial charge on any atom is -0.0853 e. The predicted octanol–water partition coefficient (Wildman–Crippen LogP) is 4.78. The Balaban J connectivity index is 2.34. The third-order valence-corrected chi connectivity index (χ3v) is 2.56. The Labute approximate surface area is 99.7 Å². The molecule has 0 radical (unpaired) electrons. The molecule has 86 valence electrons. The van der Waals surface area contributed by atoms with Crippen molar-refractivity contribution in [3.8, 4) is 0 Å². The summed E-state index contributed by atoms with van der Waals surface area (Å²) in [5, 5.41) is 0. The fourth-order valence-electron chi connectivity index (χ4n) is 1.55. The largest absolute Gasteiger partial charge is 0.0853 e. The molecule has 0 bridgehead atoms. The molecule has 0 heterocycles. The van der Waals surface area contributed by atoms with Gasteiger partial charge in [0.25, 0.3) is 0 Å². The quantitative estimate of drug-likeness (QED) is 0.619. The maximum atomic E-state index is 2.31. The summed E-state index contributed by atoms with van der Waals surface area (Å²) in [6, 6.07) is 10.6. The molecular weight excluding hydrogens is 192 g/mol. The van der Waals surface area contributed by atoms with Crippen molar-refractivity contribution >= 4 is 0 Å². The average Bonchev–Trinajstić information content (AvgIpc) is 2.28. The van der Waals surface area contributed by atoms with Gasteiger partial charge in [0.05, 0.1) is 0 Å². The number of hydrogen-bond donors (Lipinski definition) is 0. The Bertz CT molecular complexity index is 340. The van der Waals surface area contributed by atoms with Crippen LogP contribution in [0.3, 0.4) is 0 Å². The third-order valence-electron chi connectivity index (χ3n) is 2.56. The lowest BCUT2D eigenvalue weighted by Crippen LogP contribution is -1.88. The molecule has 0 aliphatic rings. The maximum Gasteiger partial charge on any atom is -0.00974 e. The van der Waals surface area contributed by atoms with Crippen molar-refractivity contribution in [3.63, 3.8) is 0 Å². The molecule has 0 amide bonds. The lowest BCUT2D eigenvalue weighted by atomic mass is 10.0. The van der Waals surface area contributed by atoms with Crippen molar-refractivity contribution in [2.45, 2.75) is 33.6 Å². The van der Waals surface area contributed by atoms with Crippen LogP contribution in [0.4, 0.5) is 0 Å². The van der Waals surface area contributed by atoms with E-state index >= 15 is 0 Å². The topological polar surface area (TPSA) is 0 Å². The first-order chi connectivity index (χ1) is 7.68. The fraction of sp³-hybridized carbons (Fsp3) is 0.375. The zero-order chi connectivity index (χ0) is 11.8. The standard InChI is InChI=1S/C16H22/c1-14(2)12-13-15(3)8-7-11-16-9-5-4-6-10-16/h4-10,12,15H,11,13H2,1-3H3/b8-7+/t15-/m1/s1. The van der Waals surface area contributed by atoms with Gasteiger partial charge in [-0.15, -0.1) is 0 Å². The summed E-state index contributed by atoms with van der Waals surface area (Å²) in [4.78, 5) is 0. The first-order valence-corrected chi connectivity index (χ1v) is 6.02. The molecule has 0 N–H and O–H groups in total. The van der Waals surface area contributed by atoms with Crippen molar-refractivity contribution in [2.75, 3.05) is 0 Å². The van der Waals surface area contributed by atoms with Gasteiger partial charge in [0.15, 0.2) is 0 Å². The molecule has 0 saturated carbocycles. The minimum absolute atomic E-state index is 0.638. The highest BCUT2D eigenvalue weighted by Gasteiger charge is 1.93. The predicted molar refractivity (Wildman–Crippen MR) is 72.5 cm³/mol. The van der Waals surface area contributed by atoms with Crippen LogP contribution in [0.5, 0.6) is 0 Å². The molecule has 0 aromatic heterocycles. The molecule has 0 spiro atoms. The smallest absolute Gasteiger partial charge is 0.00974 e. The number of hydrogen-bond acceptors (Lipinski definition) is 0. The molecule has 0 nitrogen and oxygen atoms in total. The molecule has 1 aromatic carbocycles. The first kappa shape index (κ1) is 12.8. The zero-order valence-corrected chi connectivity index (χ0v) is 10.6. The van der Waals surface area contributed by atoms with Gasteiger partial charge < -0.3 is 0 Å². The van der Waals surface area contributed by atoms with Gasteiger partial charge in [-0.1, -0.05) is 61.1 Å². The van der Waals surface area contributed by atoms with Crippen LogP contribution in [0, 0.1) is 5.92 Å². The van der Waals surface area contributed by atoms with Crippen LogP contribution >= 0.6 is 0 Å². The Kier molecular flexibility index (Phi) is 5.63. The van der Waals surface area contributed by atoms with E-state index in [-0.39, 0.29) is 0 Å². The summed E-state index contributed by atoms with van der Waals surface area (Å²) in [5.41, 5.74) is 2.79. The summed E-state index contributed by atoms with van der Waals surface area (Å²) in [6.07, 6.45) is 9.08. The van der Waals surface area contributed by atoms with E-state index in [0.717, 1.165) is 12.8 Å². The summed E-state index contributed by atoms with van der Waals surface area (Å²) in [6.45, 7) is 6.57. The fourth-order valence-corrected chi connectivity index (χ4v) is 1.55. The molecule has 1 atom stereocenters. The zero-order valence-electron chi connectivity index (χ0n) is 10.6. The highest BCUT2D eigenvalue weighted by Crippen LogP contribution is 2.08. The van der Waals surface area contributed by atoms with E-state index in [2.05, 4.69) is 69.3 Å². The lowest BCUT2D eigenvalue weighted by molar-refractivity contribution is 0.738. The molecule has 1 aromatic rings. The SMILES string of the molecule is CC(C)=CC[C@H](C)/C=C/Cc1ccccc1. The Hall–Kier alpha value is -1.30. The van der Waals surface area contributed by atoms with E-state index in [4.69, 9.17) is 0 Å². The number of allylic oxidation sites excluding steroid dienone is 4. The second kappa shape index (κ2) is 7.05. The van der Waals surface area contributed by atoms with Crippen molar-refractivity contribution in [1.29, 1.82) is 0 Å². The molecule has 0 unspecified atom stereocenters. The molecule has 1 rings (SSSR count). The number of benzene rings is 1. The van der Waals surface area contributed by atoms with Crippen LogP contribution in [0.2, 0.25) is 0 Å².